The van der Waals surface area contributed by atoms with Crippen LogP contribution in [0.25, 0.3) is 27.6 Å². The highest BCUT2D eigenvalue weighted by Gasteiger charge is 2.16. The zero-order chi connectivity index (χ0) is 17.4. The normalized spacial score (nSPS) is 12.3. The van der Waals surface area contributed by atoms with Crippen molar-refractivity contribution in [2.45, 2.75) is 0 Å². The van der Waals surface area contributed by atoms with E-state index in [0.29, 0.717) is 23.2 Å². The van der Waals surface area contributed by atoms with Gasteiger partial charge in [0.05, 0.1) is 17.6 Å². The molecular weight excluding hydrogens is 314 g/mol. The molecule has 0 fully saturated rings. The fraction of sp³-hybridized carbons (Fsp3) is 0.200. The highest BCUT2D eigenvalue weighted by molar-refractivity contribution is 6.05. The van der Waals surface area contributed by atoms with Gasteiger partial charge in [0.25, 0.3) is 5.56 Å². The minimum absolute atomic E-state index is 0.0685. The molecule has 2 aromatic carbocycles. The Labute approximate surface area is 144 Å². The van der Waals surface area contributed by atoms with Gasteiger partial charge < -0.3 is 9.32 Å². The molecule has 5 heteroatoms. The smallest absolute Gasteiger partial charge is 0.265 e. The summed E-state index contributed by atoms with van der Waals surface area (Å²) in [4.78, 5) is 19.6. The van der Waals surface area contributed by atoms with Crippen LogP contribution in [0.2, 0.25) is 0 Å². The van der Waals surface area contributed by atoms with Gasteiger partial charge in [0.2, 0.25) is 5.71 Å². The van der Waals surface area contributed by atoms with Crippen LogP contribution in [0.5, 0.6) is 0 Å². The molecule has 0 unspecified atom stereocenters. The van der Waals surface area contributed by atoms with Gasteiger partial charge in [-0.15, -0.1) is 0 Å². The lowest BCUT2D eigenvalue weighted by Gasteiger charge is -2.06. The Morgan fingerprint density at radius 2 is 1.80 bits per heavy atom. The highest BCUT2D eigenvalue weighted by atomic mass is 16.3. The van der Waals surface area contributed by atoms with E-state index in [1.165, 1.54) is 0 Å². The maximum atomic E-state index is 13.0. The van der Waals surface area contributed by atoms with E-state index in [1.54, 1.807) is 4.40 Å². The summed E-state index contributed by atoms with van der Waals surface area (Å²) in [5, 5.41) is 1.53. The third-order valence-corrected chi connectivity index (χ3v) is 4.29. The first-order chi connectivity index (χ1) is 12.2. The number of pyridine rings is 1. The minimum atomic E-state index is -0.0685. The molecule has 25 heavy (non-hydrogen) atoms. The fourth-order valence-electron chi connectivity index (χ4n) is 3.04. The number of para-hydroxylation sites is 2. The van der Waals surface area contributed by atoms with E-state index < -0.39 is 0 Å². The van der Waals surface area contributed by atoms with Crippen molar-refractivity contribution in [2.75, 3.05) is 27.2 Å². The molecule has 0 N–H and O–H groups in total. The van der Waals surface area contributed by atoms with Gasteiger partial charge in [-0.1, -0.05) is 30.3 Å². The van der Waals surface area contributed by atoms with Gasteiger partial charge in [0.15, 0.2) is 5.58 Å². The van der Waals surface area contributed by atoms with Gasteiger partial charge in [-0.05, 0) is 32.3 Å². The number of aromatic nitrogens is 1. The van der Waals surface area contributed by atoms with Crippen molar-refractivity contribution in [1.29, 1.82) is 0 Å². The van der Waals surface area contributed by atoms with Crippen LogP contribution in [0, 0.1) is 0 Å². The van der Waals surface area contributed by atoms with Crippen LogP contribution in [-0.2, 0) is 0 Å². The zero-order valence-corrected chi connectivity index (χ0v) is 14.3. The van der Waals surface area contributed by atoms with E-state index in [-0.39, 0.29) is 5.56 Å². The molecule has 2 heterocycles. The summed E-state index contributed by atoms with van der Waals surface area (Å²) in [7, 11) is 4.04. The summed E-state index contributed by atoms with van der Waals surface area (Å²) in [6.07, 6.45) is 1.82. The van der Waals surface area contributed by atoms with Crippen molar-refractivity contribution in [3.05, 3.63) is 64.4 Å². The number of aliphatic imine (C=N–C) groups is 1. The molecule has 0 aliphatic rings. The van der Waals surface area contributed by atoms with Crippen LogP contribution in [0.1, 0.15) is 5.56 Å². The number of hydrogen-bond acceptors (Lipinski definition) is 4. The molecule has 4 rings (SSSR count). The van der Waals surface area contributed by atoms with Crippen molar-refractivity contribution in [3.63, 3.8) is 0 Å². The van der Waals surface area contributed by atoms with Crippen LogP contribution >= 0.6 is 0 Å². The average Bonchev–Trinajstić information content (AvgIpc) is 3.00. The SMILES string of the molecule is CN(C)CCN=Cc1c2ccccc2c(=O)n2c1oc1ccccc12. The second-order valence-electron chi connectivity index (χ2n) is 6.31. The van der Waals surface area contributed by atoms with Gasteiger partial charge in [0.1, 0.15) is 0 Å². The van der Waals surface area contributed by atoms with E-state index in [4.69, 9.17) is 4.42 Å². The summed E-state index contributed by atoms with van der Waals surface area (Å²) in [5.74, 6) is 0. The molecule has 4 aromatic rings. The third kappa shape index (κ3) is 2.62. The molecular formula is C20H19N3O2. The Bertz CT molecular complexity index is 1150. The van der Waals surface area contributed by atoms with Crippen molar-refractivity contribution < 1.29 is 4.42 Å². The minimum Gasteiger partial charge on any atom is -0.437 e. The zero-order valence-electron chi connectivity index (χ0n) is 14.3. The largest absolute Gasteiger partial charge is 0.437 e. The summed E-state index contributed by atoms with van der Waals surface area (Å²) < 4.78 is 7.66. The average molecular weight is 333 g/mol. The van der Waals surface area contributed by atoms with E-state index in [9.17, 15) is 4.79 Å². The third-order valence-electron chi connectivity index (χ3n) is 4.29. The summed E-state index contributed by atoms with van der Waals surface area (Å²) in [6, 6.07) is 15.2. The Kier molecular flexibility index (Phi) is 3.86. The van der Waals surface area contributed by atoms with E-state index >= 15 is 0 Å². The van der Waals surface area contributed by atoms with Crippen LogP contribution in [-0.4, -0.2) is 42.7 Å². The van der Waals surface area contributed by atoms with Gasteiger partial charge >= 0.3 is 0 Å². The first-order valence-corrected chi connectivity index (χ1v) is 8.26. The number of benzene rings is 2. The number of likely N-dealkylation sites (N-methyl/N-ethyl adjacent to an activating group) is 1. The Balaban J connectivity index is 2.03. The molecule has 126 valence electrons. The molecule has 0 spiro atoms. The lowest BCUT2D eigenvalue weighted by molar-refractivity contribution is 0.421. The number of rotatable bonds is 4. The molecule has 0 saturated heterocycles. The Morgan fingerprint density at radius 3 is 2.60 bits per heavy atom. The molecule has 0 radical (unpaired) electrons. The second kappa shape index (κ2) is 6.18. The quantitative estimate of drug-likeness (QED) is 0.539. The molecule has 0 bridgehead atoms. The van der Waals surface area contributed by atoms with Crippen molar-refractivity contribution in [3.8, 4) is 0 Å². The number of oxazole rings is 1. The summed E-state index contributed by atoms with van der Waals surface area (Å²) in [6.45, 7) is 1.55. The van der Waals surface area contributed by atoms with Crippen LogP contribution in [0.3, 0.4) is 0 Å². The van der Waals surface area contributed by atoms with Crippen LogP contribution < -0.4 is 5.56 Å². The van der Waals surface area contributed by atoms with E-state index in [1.807, 2.05) is 68.8 Å². The highest BCUT2D eigenvalue weighted by Crippen LogP contribution is 2.25. The monoisotopic (exact) mass is 333 g/mol. The summed E-state index contributed by atoms with van der Waals surface area (Å²) in [5.41, 5.74) is 2.78. The summed E-state index contributed by atoms with van der Waals surface area (Å²) >= 11 is 0. The predicted molar refractivity (Wildman–Crippen MR) is 102 cm³/mol. The molecule has 0 aliphatic carbocycles. The number of fused-ring (bicyclic) bond motifs is 4. The second-order valence-corrected chi connectivity index (χ2v) is 6.31. The van der Waals surface area contributed by atoms with E-state index in [2.05, 4.69) is 9.89 Å². The van der Waals surface area contributed by atoms with Crippen molar-refractivity contribution in [2.24, 2.45) is 4.99 Å². The molecule has 0 amide bonds. The Hall–Kier alpha value is -2.92. The maximum absolute atomic E-state index is 13.0. The number of hydrogen-bond donors (Lipinski definition) is 0. The topological polar surface area (TPSA) is 50.2 Å². The van der Waals surface area contributed by atoms with Crippen LogP contribution in [0.4, 0.5) is 0 Å². The standard InChI is InChI=1S/C20H19N3O2/c1-22(2)12-11-21-13-16-14-7-3-4-8-15(14)19(24)23-17-9-5-6-10-18(17)25-20(16)23/h3-10,13H,11-12H2,1-2H3. The first-order valence-electron chi connectivity index (χ1n) is 8.26. The van der Waals surface area contributed by atoms with E-state index in [0.717, 1.165) is 23.0 Å². The molecule has 0 atom stereocenters. The number of nitrogens with zero attached hydrogens (tertiary/aromatic N) is 3. The predicted octanol–water partition coefficient (Wildman–Crippen LogP) is 3.18. The molecule has 5 nitrogen and oxygen atoms in total. The van der Waals surface area contributed by atoms with Gasteiger partial charge in [-0.2, -0.15) is 0 Å². The lowest BCUT2D eigenvalue weighted by atomic mass is 10.1. The fourth-order valence-corrected chi connectivity index (χ4v) is 3.04. The molecule has 2 aromatic heterocycles. The van der Waals surface area contributed by atoms with Gasteiger partial charge in [0, 0.05) is 23.5 Å². The molecule has 0 saturated carbocycles. The molecule has 0 aliphatic heterocycles. The lowest BCUT2D eigenvalue weighted by Crippen LogP contribution is -2.16. The van der Waals surface area contributed by atoms with Crippen molar-refractivity contribution >= 4 is 33.8 Å². The van der Waals surface area contributed by atoms with Gasteiger partial charge in [-0.3, -0.25) is 9.79 Å². The Morgan fingerprint density at radius 1 is 1.08 bits per heavy atom. The van der Waals surface area contributed by atoms with Crippen molar-refractivity contribution in [1.82, 2.24) is 9.30 Å². The first kappa shape index (κ1) is 15.6. The van der Waals surface area contributed by atoms with Gasteiger partial charge in [-0.25, -0.2) is 4.40 Å². The maximum Gasteiger partial charge on any atom is 0.265 e. The van der Waals surface area contributed by atoms with Crippen LogP contribution in [0.15, 0.2) is 62.7 Å².